The third kappa shape index (κ3) is 6.18. The van der Waals surface area contributed by atoms with Gasteiger partial charge in [-0.3, -0.25) is 0 Å². The highest BCUT2D eigenvalue weighted by Crippen LogP contribution is 2.25. The van der Waals surface area contributed by atoms with Crippen LogP contribution in [-0.4, -0.2) is 27.8 Å². The van der Waals surface area contributed by atoms with Crippen molar-refractivity contribution in [3.63, 3.8) is 0 Å². The molecule has 136 valence electrons. The molecule has 0 fully saturated rings. The van der Waals surface area contributed by atoms with Crippen molar-refractivity contribution < 1.29 is 13.2 Å². The van der Waals surface area contributed by atoms with Gasteiger partial charge in [-0.25, -0.2) is 13.1 Å². The number of hydrogen-bond donors (Lipinski definition) is 1. The second-order valence-electron chi connectivity index (χ2n) is 4.98. The summed E-state index contributed by atoms with van der Waals surface area (Å²) in [5, 5.41) is 1.22. The van der Waals surface area contributed by atoms with Crippen LogP contribution in [0.25, 0.3) is 0 Å². The van der Waals surface area contributed by atoms with E-state index < -0.39 is 10.0 Å². The lowest BCUT2D eigenvalue weighted by atomic mass is 10.2. The van der Waals surface area contributed by atoms with Gasteiger partial charge in [-0.1, -0.05) is 29.3 Å². The molecule has 0 aliphatic carbocycles. The van der Waals surface area contributed by atoms with E-state index in [2.05, 4.69) is 4.72 Å². The number of methoxy groups -OCH3 is 1. The summed E-state index contributed by atoms with van der Waals surface area (Å²) in [4.78, 5) is 0.225. The van der Waals surface area contributed by atoms with Gasteiger partial charge >= 0.3 is 0 Å². The molecule has 0 amide bonds. The molecule has 0 atom stereocenters. The first-order valence-corrected chi connectivity index (χ1v) is 11.7. The largest absolute Gasteiger partial charge is 0.496 e. The smallest absolute Gasteiger partial charge is 0.240 e. The van der Waals surface area contributed by atoms with Gasteiger partial charge in [0.1, 0.15) is 5.75 Å². The number of rotatable bonds is 8. The zero-order chi connectivity index (χ0) is 18.4. The highest BCUT2D eigenvalue weighted by molar-refractivity contribution is 14.1. The van der Waals surface area contributed by atoms with Crippen LogP contribution in [0.3, 0.4) is 0 Å². The summed E-state index contributed by atoms with van der Waals surface area (Å²) in [5.74, 6) is 1.97. The van der Waals surface area contributed by atoms with Gasteiger partial charge in [0.25, 0.3) is 0 Å². The molecule has 0 unspecified atom stereocenters. The summed E-state index contributed by atoms with van der Waals surface area (Å²) in [6.45, 7) is 0.334. The molecule has 0 aliphatic rings. The molecule has 0 radical (unpaired) electrons. The predicted molar refractivity (Wildman–Crippen MR) is 114 cm³/mol. The fourth-order valence-electron chi connectivity index (χ4n) is 1.97. The van der Waals surface area contributed by atoms with Crippen molar-refractivity contribution in [3.8, 4) is 5.75 Å². The number of sulfonamides is 1. The number of hydrogen-bond acceptors (Lipinski definition) is 4. The van der Waals surface area contributed by atoms with E-state index in [-0.39, 0.29) is 4.90 Å². The van der Waals surface area contributed by atoms with Crippen LogP contribution in [0.2, 0.25) is 10.0 Å². The van der Waals surface area contributed by atoms with Crippen LogP contribution in [-0.2, 0) is 15.8 Å². The third-order valence-electron chi connectivity index (χ3n) is 3.24. The van der Waals surface area contributed by atoms with Gasteiger partial charge in [0, 0.05) is 28.1 Å². The van der Waals surface area contributed by atoms with Gasteiger partial charge in [-0.15, -0.1) is 0 Å². The maximum Gasteiger partial charge on any atom is 0.240 e. The average Bonchev–Trinajstić information content (AvgIpc) is 2.56. The Bertz CT molecular complexity index is 847. The van der Waals surface area contributed by atoms with Crippen LogP contribution in [0.15, 0.2) is 41.3 Å². The molecule has 0 aromatic heterocycles. The van der Waals surface area contributed by atoms with Gasteiger partial charge in [-0.2, -0.15) is 11.8 Å². The Morgan fingerprint density at radius 3 is 2.60 bits per heavy atom. The zero-order valence-corrected chi connectivity index (χ0v) is 18.6. The summed E-state index contributed by atoms with van der Waals surface area (Å²) in [6.07, 6.45) is 0. The maximum absolute atomic E-state index is 12.3. The molecule has 2 rings (SSSR count). The summed E-state index contributed by atoms with van der Waals surface area (Å²) in [6, 6.07) is 10.1. The normalized spacial score (nSPS) is 11.5. The molecule has 0 saturated carbocycles. The molecule has 0 saturated heterocycles. The molecule has 0 heterocycles. The van der Waals surface area contributed by atoms with Gasteiger partial charge in [0.05, 0.1) is 15.6 Å². The number of ether oxygens (including phenoxy) is 1. The molecule has 1 N–H and O–H groups in total. The van der Waals surface area contributed by atoms with Crippen molar-refractivity contribution >= 4 is 67.6 Å². The van der Waals surface area contributed by atoms with Crippen LogP contribution < -0.4 is 9.46 Å². The Balaban J connectivity index is 1.85. The first-order chi connectivity index (χ1) is 11.8. The van der Waals surface area contributed by atoms with Crippen molar-refractivity contribution in [2.75, 3.05) is 19.4 Å². The minimum absolute atomic E-state index is 0.225. The van der Waals surface area contributed by atoms with E-state index in [1.807, 2.05) is 28.7 Å². The average molecular weight is 532 g/mol. The molecule has 0 spiro atoms. The fraction of sp³-hybridized carbons (Fsp3) is 0.250. The van der Waals surface area contributed by atoms with E-state index in [1.165, 1.54) is 6.07 Å². The molecule has 2 aromatic rings. The monoisotopic (exact) mass is 531 g/mol. The lowest BCUT2D eigenvalue weighted by Gasteiger charge is -2.09. The lowest BCUT2D eigenvalue weighted by Crippen LogP contribution is -2.26. The topological polar surface area (TPSA) is 55.4 Å². The van der Waals surface area contributed by atoms with E-state index in [1.54, 1.807) is 43.1 Å². The van der Waals surface area contributed by atoms with E-state index in [9.17, 15) is 8.42 Å². The van der Waals surface area contributed by atoms with Crippen molar-refractivity contribution in [3.05, 3.63) is 55.6 Å². The Morgan fingerprint density at radius 2 is 1.96 bits per heavy atom. The molecule has 0 bridgehead atoms. The van der Waals surface area contributed by atoms with E-state index in [0.29, 0.717) is 33.8 Å². The van der Waals surface area contributed by atoms with Crippen LogP contribution in [0, 0.1) is 3.57 Å². The first-order valence-electron chi connectivity index (χ1n) is 7.18. The Hall–Kier alpha value is -0.190. The molecule has 0 aliphatic heterocycles. The minimum Gasteiger partial charge on any atom is -0.496 e. The van der Waals surface area contributed by atoms with Gasteiger partial charge < -0.3 is 4.74 Å². The number of halogens is 3. The number of benzene rings is 2. The molecule has 2 aromatic carbocycles. The van der Waals surface area contributed by atoms with E-state index in [0.717, 1.165) is 9.13 Å². The molecular weight excluding hydrogens is 516 g/mol. The fourth-order valence-corrected chi connectivity index (χ4v) is 5.52. The highest BCUT2D eigenvalue weighted by atomic mass is 127. The zero-order valence-electron chi connectivity index (χ0n) is 13.3. The van der Waals surface area contributed by atoms with Crippen LogP contribution in [0.5, 0.6) is 5.75 Å². The van der Waals surface area contributed by atoms with Gasteiger partial charge in [0.2, 0.25) is 10.0 Å². The summed E-state index contributed by atoms with van der Waals surface area (Å²) in [5.41, 5.74) is 0.976. The second kappa shape index (κ2) is 9.66. The number of nitrogens with one attached hydrogen (secondary N) is 1. The van der Waals surface area contributed by atoms with Crippen LogP contribution in [0.1, 0.15) is 5.56 Å². The summed E-state index contributed by atoms with van der Waals surface area (Å²) in [7, 11) is -1.98. The molecule has 25 heavy (non-hydrogen) atoms. The SMILES string of the molecule is COc1ccc(S(=O)(=O)NCCSCc2ccc(Cl)cc2Cl)cc1I. The van der Waals surface area contributed by atoms with Gasteiger partial charge in [0.15, 0.2) is 0 Å². The molecular formula is C16H16Cl2INO3S2. The van der Waals surface area contributed by atoms with Crippen molar-refractivity contribution in [1.29, 1.82) is 0 Å². The Labute approximate surface area is 175 Å². The summed E-state index contributed by atoms with van der Waals surface area (Å²) >= 11 is 15.6. The Kier molecular flexibility index (Phi) is 8.16. The standard InChI is InChI=1S/C16H16Cl2INO3S2/c1-23-16-5-4-13(9-15(16)19)25(21,22)20-6-7-24-10-11-2-3-12(17)8-14(11)18/h2-5,8-9,20H,6-7,10H2,1H3. The molecule has 4 nitrogen and oxygen atoms in total. The first kappa shape index (κ1) is 21.1. The quantitative estimate of drug-likeness (QED) is 0.392. The molecule has 9 heteroatoms. The second-order valence-corrected chi connectivity index (χ2v) is 9.86. The van der Waals surface area contributed by atoms with Crippen molar-refractivity contribution in [2.45, 2.75) is 10.6 Å². The lowest BCUT2D eigenvalue weighted by molar-refractivity contribution is 0.411. The maximum atomic E-state index is 12.3. The van der Waals surface area contributed by atoms with Crippen LogP contribution >= 0.6 is 57.6 Å². The Morgan fingerprint density at radius 1 is 1.20 bits per heavy atom. The third-order valence-corrected chi connectivity index (χ3v) is 7.14. The van der Waals surface area contributed by atoms with Crippen molar-refractivity contribution in [2.24, 2.45) is 0 Å². The predicted octanol–water partition coefficient (Wildman–Crippen LogP) is 4.82. The van der Waals surface area contributed by atoms with Crippen molar-refractivity contribution in [1.82, 2.24) is 4.72 Å². The van der Waals surface area contributed by atoms with Gasteiger partial charge in [-0.05, 0) is 58.5 Å². The summed E-state index contributed by atoms with van der Waals surface area (Å²) < 4.78 is 33.1. The number of thioether (sulfide) groups is 1. The minimum atomic E-state index is -3.53. The van der Waals surface area contributed by atoms with Crippen LogP contribution in [0.4, 0.5) is 0 Å². The van der Waals surface area contributed by atoms with E-state index >= 15 is 0 Å². The highest BCUT2D eigenvalue weighted by Gasteiger charge is 2.15. The van der Waals surface area contributed by atoms with E-state index in [4.69, 9.17) is 27.9 Å².